The number of aromatic nitrogens is 2. The summed E-state index contributed by atoms with van der Waals surface area (Å²) in [5.41, 5.74) is 5.68. The second-order valence-electron chi connectivity index (χ2n) is 5.88. The average molecular weight is 395 g/mol. The maximum absolute atomic E-state index is 12.8. The van der Waals surface area contributed by atoms with Crippen LogP contribution in [0.3, 0.4) is 0 Å². The first-order chi connectivity index (χ1) is 12.3. The zero-order valence-electron chi connectivity index (χ0n) is 13.9. The zero-order chi connectivity index (χ0) is 19.1. The molecule has 1 aliphatic heterocycles. The van der Waals surface area contributed by atoms with E-state index in [0.717, 1.165) is 11.4 Å². The second kappa shape index (κ2) is 6.62. The number of nitrogens with one attached hydrogen (secondary N) is 3. The van der Waals surface area contributed by atoms with Crippen molar-refractivity contribution in [1.82, 2.24) is 15.3 Å². The molecule has 2 aromatic rings. The van der Waals surface area contributed by atoms with E-state index in [-0.39, 0.29) is 21.6 Å². The van der Waals surface area contributed by atoms with E-state index in [1.54, 1.807) is 25.1 Å². The van der Waals surface area contributed by atoms with E-state index >= 15 is 0 Å². The van der Waals surface area contributed by atoms with Crippen LogP contribution >= 0.6 is 23.2 Å². The third-order valence-corrected chi connectivity index (χ3v) is 4.92. The summed E-state index contributed by atoms with van der Waals surface area (Å²) < 4.78 is 0. The monoisotopic (exact) mass is 394 g/mol. The highest BCUT2D eigenvalue weighted by atomic mass is 35.5. The summed E-state index contributed by atoms with van der Waals surface area (Å²) >= 11 is 12.5. The molecule has 2 atom stereocenters. The lowest BCUT2D eigenvalue weighted by atomic mass is 9.82. The number of carbonyl (C=O) groups is 2. The van der Waals surface area contributed by atoms with Crippen LogP contribution < -0.4 is 16.4 Å². The average Bonchev–Trinajstić information content (AvgIpc) is 3.12. The number of imidazole rings is 1. The molecule has 5 N–H and O–H groups in total. The second-order valence-corrected chi connectivity index (χ2v) is 6.69. The molecule has 1 aromatic heterocycles. The van der Waals surface area contributed by atoms with E-state index in [1.807, 2.05) is 6.92 Å². The van der Waals surface area contributed by atoms with E-state index < -0.39 is 23.4 Å². The summed E-state index contributed by atoms with van der Waals surface area (Å²) in [6.07, 6.45) is 1.24. The summed E-state index contributed by atoms with van der Waals surface area (Å²) in [6, 6.07) is 3.52. The lowest BCUT2D eigenvalue weighted by molar-refractivity contribution is -0.129. The number of H-pyrrole nitrogens is 1. The molecule has 2 amide bonds. The highest BCUT2D eigenvalue weighted by Crippen LogP contribution is 2.39. The molecular formula is C16H16Cl2N6O2. The zero-order valence-corrected chi connectivity index (χ0v) is 15.4. The Balaban J connectivity index is 2.03. The van der Waals surface area contributed by atoms with Crippen LogP contribution in [0, 0.1) is 13.8 Å². The van der Waals surface area contributed by atoms with Gasteiger partial charge in [0.2, 0.25) is 5.95 Å². The molecule has 136 valence electrons. The number of halogens is 2. The number of rotatable bonds is 4. The van der Waals surface area contributed by atoms with E-state index in [1.165, 1.54) is 6.34 Å². The van der Waals surface area contributed by atoms with Gasteiger partial charge >= 0.3 is 0 Å². The van der Waals surface area contributed by atoms with E-state index in [2.05, 4.69) is 25.6 Å². The Bertz CT molecular complexity index is 886. The number of benzene rings is 1. The number of aliphatic imine (C=N–C) groups is 1. The molecule has 0 aliphatic carbocycles. The predicted molar refractivity (Wildman–Crippen MR) is 99.4 cm³/mol. The van der Waals surface area contributed by atoms with Crippen LogP contribution in [0.4, 0.5) is 5.95 Å². The van der Waals surface area contributed by atoms with Gasteiger partial charge in [-0.3, -0.25) is 19.9 Å². The minimum Gasteiger partial charge on any atom is -0.367 e. The number of nitrogens with zero attached hydrogens (tertiary/aromatic N) is 2. The summed E-state index contributed by atoms with van der Waals surface area (Å²) in [7, 11) is 0. The number of amides is 2. The number of hydrogen-bond acceptors (Lipinski definition) is 5. The van der Waals surface area contributed by atoms with Gasteiger partial charge in [-0.25, -0.2) is 4.98 Å². The highest BCUT2D eigenvalue weighted by molar-refractivity contribution is 6.37. The van der Waals surface area contributed by atoms with Crippen LogP contribution in [0.25, 0.3) is 0 Å². The van der Waals surface area contributed by atoms with Crippen molar-refractivity contribution in [2.45, 2.75) is 25.4 Å². The topological polar surface area (TPSA) is 125 Å². The Hall–Kier alpha value is -2.58. The molecule has 1 aromatic carbocycles. The van der Waals surface area contributed by atoms with E-state index in [4.69, 9.17) is 28.9 Å². The van der Waals surface area contributed by atoms with Crippen LogP contribution in [0.2, 0.25) is 10.0 Å². The first-order valence-corrected chi connectivity index (χ1v) is 8.40. The van der Waals surface area contributed by atoms with E-state index in [9.17, 15) is 9.59 Å². The van der Waals surface area contributed by atoms with Crippen LogP contribution in [-0.4, -0.2) is 34.2 Å². The molecule has 0 bridgehead atoms. The van der Waals surface area contributed by atoms with Gasteiger partial charge in [-0.15, -0.1) is 0 Å². The van der Waals surface area contributed by atoms with Crippen LogP contribution in [0.5, 0.6) is 0 Å². The Morgan fingerprint density at radius 3 is 2.46 bits per heavy atom. The lowest BCUT2D eigenvalue weighted by Gasteiger charge is -2.32. The Labute approximate surface area is 159 Å². The Kier molecular flexibility index (Phi) is 4.64. The third kappa shape index (κ3) is 2.81. The van der Waals surface area contributed by atoms with Crippen molar-refractivity contribution in [2.75, 3.05) is 5.32 Å². The number of aryl methyl sites for hydroxylation is 2. The van der Waals surface area contributed by atoms with Crippen molar-refractivity contribution >= 4 is 47.3 Å². The van der Waals surface area contributed by atoms with Crippen molar-refractivity contribution in [2.24, 2.45) is 10.7 Å². The molecule has 26 heavy (non-hydrogen) atoms. The molecule has 8 nitrogen and oxygen atoms in total. The molecule has 10 heteroatoms. The molecule has 2 unspecified atom stereocenters. The number of primary amides is 1. The van der Waals surface area contributed by atoms with Crippen LogP contribution in [0.1, 0.15) is 17.0 Å². The van der Waals surface area contributed by atoms with Crippen molar-refractivity contribution in [3.63, 3.8) is 0 Å². The van der Waals surface area contributed by atoms with Gasteiger partial charge in [-0.2, -0.15) is 0 Å². The first kappa shape index (κ1) is 18.2. The van der Waals surface area contributed by atoms with Crippen molar-refractivity contribution < 1.29 is 9.59 Å². The summed E-state index contributed by atoms with van der Waals surface area (Å²) in [4.78, 5) is 36.5. The molecule has 2 heterocycles. The van der Waals surface area contributed by atoms with Gasteiger partial charge in [0.15, 0.2) is 11.6 Å². The van der Waals surface area contributed by atoms with Crippen molar-refractivity contribution in [3.8, 4) is 0 Å². The number of nitrogens with two attached hydrogens (primary N) is 1. The minimum absolute atomic E-state index is 0.191. The van der Waals surface area contributed by atoms with Gasteiger partial charge in [0.05, 0.1) is 12.0 Å². The smallest absolute Gasteiger partial charge is 0.254 e. The van der Waals surface area contributed by atoms with E-state index in [0.29, 0.717) is 0 Å². The van der Waals surface area contributed by atoms with Gasteiger partial charge in [0.1, 0.15) is 0 Å². The summed E-state index contributed by atoms with van der Waals surface area (Å²) in [6.45, 7) is 3.62. The summed E-state index contributed by atoms with van der Waals surface area (Å²) in [5, 5.41) is 5.77. The van der Waals surface area contributed by atoms with Gasteiger partial charge in [0, 0.05) is 21.3 Å². The Morgan fingerprint density at radius 1 is 1.27 bits per heavy atom. The van der Waals surface area contributed by atoms with Crippen LogP contribution in [-0.2, 0) is 15.1 Å². The molecular weight excluding hydrogens is 379 g/mol. The van der Waals surface area contributed by atoms with Crippen molar-refractivity contribution in [3.05, 3.63) is 45.2 Å². The normalized spacial score (nSPS) is 21.5. The number of hydrogen-bond donors (Lipinski definition) is 4. The molecule has 0 radical (unpaired) electrons. The molecule has 0 fully saturated rings. The minimum atomic E-state index is -1.71. The summed E-state index contributed by atoms with van der Waals surface area (Å²) in [5.74, 6) is -1.18. The molecule has 1 aliphatic rings. The van der Waals surface area contributed by atoms with Gasteiger partial charge in [-0.1, -0.05) is 29.3 Å². The maximum Gasteiger partial charge on any atom is 0.254 e. The fourth-order valence-corrected chi connectivity index (χ4v) is 3.57. The molecule has 0 saturated carbocycles. The van der Waals surface area contributed by atoms with Crippen LogP contribution in [0.15, 0.2) is 23.2 Å². The molecule has 0 spiro atoms. The lowest BCUT2D eigenvalue weighted by Crippen LogP contribution is -2.59. The molecule has 0 saturated heterocycles. The SMILES string of the molecule is Cc1nc(NC(=O)C2N=CNC2(C(N)=O)c2c(Cl)cccc2Cl)[nH]c1C. The third-order valence-electron chi connectivity index (χ3n) is 4.29. The quantitative estimate of drug-likeness (QED) is 0.628. The van der Waals surface area contributed by atoms with Crippen molar-refractivity contribution in [1.29, 1.82) is 0 Å². The standard InChI is InChI=1S/C16H16Cl2N6O2/c1-7-8(2)23-15(22-7)24-13(25)12-16(14(19)26,21-6-20-12)11-9(17)4-3-5-10(11)18/h3-6,12H,1-2H3,(H2,19,26)(H,20,21)(H2,22,23,24,25). The maximum atomic E-state index is 12.8. The van der Waals surface area contributed by atoms with Gasteiger partial charge in [0.25, 0.3) is 11.8 Å². The van der Waals surface area contributed by atoms with Gasteiger partial charge < -0.3 is 16.0 Å². The largest absolute Gasteiger partial charge is 0.367 e. The first-order valence-electron chi connectivity index (χ1n) is 7.65. The Morgan fingerprint density at radius 2 is 1.92 bits per heavy atom. The highest BCUT2D eigenvalue weighted by Gasteiger charge is 2.54. The fourth-order valence-electron chi connectivity index (χ4n) is 2.87. The fraction of sp³-hybridized carbons (Fsp3) is 0.250. The number of carbonyl (C=O) groups excluding carboxylic acids is 2. The molecule has 3 rings (SSSR count). The number of aromatic amines is 1. The number of anilines is 1. The predicted octanol–water partition coefficient (Wildman–Crippen LogP) is 1.65. The van der Waals surface area contributed by atoms with Gasteiger partial charge in [-0.05, 0) is 26.0 Å².